The maximum atomic E-state index is 12.8. The second kappa shape index (κ2) is 6.67. The number of nitrogens with zero attached hydrogens (tertiary/aromatic N) is 2. The van der Waals surface area contributed by atoms with Gasteiger partial charge >= 0.3 is 0 Å². The summed E-state index contributed by atoms with van der Waals surface area (Å²) in [5, 5.41) is 20.9. The Morgan fingerprint density at radius 3 is 2.57 bits per heavy atom. The number of hydrogen-bond acceptors (Lipinski definition) is 4. The van der Waals surface area contributed by atoms with Crippen molar-refractivity contribution in [2.75, 3.05) is 18.5 Å². The highest BCUT2D eigenvalue weighted by atomic mass is 19.1. The molecule has 0 unspecified atom stereocenters. The van der Waals surface area contributed by atoms with Gasteiger partial charge in [-0.05, 0) is 36.4 Å². The van der Waals surface area contributed by atoms with Gasteiger partial charge in [0.2, 0.25) is 0 Å². The third kappa shape index (κ3) is 3.90. The van der Waals surface area contributed by atoms with E-state index in [1.807, 2.05) is 0 Å². The van der Waals surface area contributed by atoms with Crippen LogP contribution in [0.5, 0.6) is 0 Å². The Balaban J connectivity index is 2.16. The van der Waals surface area contributed by atoms with Crippen LogP contribution in [0, 0.1) is 5.82 Å². The molecule has 1 heterocycles. The molecule has 0 aliphatic carbocycles. The Kier molecular flexibility index (Phi) is 4.68. The third-order valence-corrected chi connectivity index (χ3v) is 2.65. The van der Waals surface area contributed by atoms with Gasteiger partial charge in [0.1, 0.15) is 5.82 Å². The molecule has 7 heteroatoms. The zero-order valence-corrected chi connectivity index (χ0v) is 11.0. The number of nitrogens with one attached hydrogen (secondary N) is 1. The summed E-state index contributed by atoms with van der Waals surface area (Å²) in [7, 11) is 0. The fourth-order valence-electron chi connectivity index (χ4n) is 1.64. The van der Waals surface area contributed by atoms with Crippen LogP contribution in [0.2, 0.25) is 0 Å². The van der Waals surface area contributed by atoms with E-state index in [0.717, 1.165) is 0 Å². The molecule has 2 rings (SSSR count). The molecule has 1 aromatic carbocycles. The fraction of sp³-hybridized carbons (Fsp3) is 0.143. The normalized spacial score (nSPS) is 11.4. The van der Waals surface area contributed by atoms with E-state index in [9.17, 15) is 14.4 Å². The number of amides is 1. The maximum Gasteiger partial charge on any atom is 0.257 e. The molecule has 0 aliphatic rings. The molecule has 2 aromatic rings. The number of carbonyl (C=O) groups is 1. The van der Waals surface area contributed by atoms with Gasteiger partial charge in [0.25, 0.3) is 5.91 Å². The van der Waals surface area contributed by atoms with Crippen LogP contribution in [0.3, 0.4) is 0 Å². The van der Waals surface area contributed by atoms with Crippen molar-refractivity contribution in [3.63, 3.8) is 0 Å². The van der Waals surface area contributed by atoms with E-state index in [-0.39, 0.29) is 24.2 Å². The molecule has 0 bridgehead atoms. The highest BCUT2D eigenvalue weighted by molar-refractivity contribution is 6.03. The maximum absolute atomic E-state index is 12.8. The van der Waals surface area contributed by atoms with Crippen LogP contribution in [0.25, 0.3) is 0 Å². The lowest BCUT2D eigenvalue weighted by molar-refractivity contribution is 0.102. The summed E-state index contributed by atoms with van der Waals surface area (Å²) in [5.41, 5.74) is 0.882. The van der Waals surface area contributed by atoms with Crippen molar-refractivity contribution in [2.24, 2.45) is 4.99 Å². The summed E-state index contributed by atoms with van der Waals surface area (Å²) < 4.78 is 13.5. The van der Waals surface area contributed by atoms with Gasteiger partial charge < -0.3 is 15.6 Å². The van der Waals surface area contributed by atoms with Crippen LogP contribution in [0.4, 0.5) is 10.1 Å². The van der Waals surface area contributed by atoms with Gasteiger partial charge in [0.05, 0.1) is 24.9 Å². The van der Waals surface area contributed by atoms with E-state index in [2.05, 4.69) is 10.3 Å². The van der Waals surface area contributed by atoms with Gasteiger partial charge in [-0.25, -0.2) is 4.39 Å². The van der Waals surface area contributed by atoms with E-state index in [1.54, 1.807) is 0 Å². The summed E-state index contributed by atoms with van der Waals surface area (Å²) in [5.74, 6) is -0.839. The van der Waals surface area contributed by atoms with E-state index in [4.69, 9.17) is 5.11 Å². The van der Waals surface area contributed by atoms with Crippen LogP contribution < -0.4 is 10.8 Å². The average Bonchev–Trinajstić information content (AvgIpc) is 2.48. The lowest BCUT2D eigenvalue weighted by atomic mass is 10.2. The molecule has 3 N–H and O–H groups in total. The van der Waals surface area contributed by atoms with E-state index >= 15 is 0 Å². The number of aromatic nitrogens is 1. The number of aliphatic hydroxyl groups is 1. The molecule has 1 amide bonds. The average molecular weight is 291 g/mol. The minimum absolute atomic E-state index is 0.132. The second-order valence-corrected chi connectivity index (χ2v) is 4.19. The van der Waals surface area contributed by atoms with Crippen molar-refractivity contribution < 1.29 is 19.5 Å². The van der Waals surface area contributed by atoms with Crippen molar-refractivity contribution in [1.29, 1.82) is 0 Å². The standard InChI is InChI=1S/C14H14FN3O3/c15-11-2-4-12(5-3-11)17-14(20)10-1-6-13(16-7-8-19)18(21)9-10/h1-6,9,19,21H,7-8H2,(H,17,20). The highest BCUT2D eigenvalue weighted by Crippen LogP contribution is 2.09. The lowest BCUT2D eigenvalue weighted by Gasteiger charge is -2.06. The van der Waals surface area contributed by atoms with Crippen LogP contribution in [-0.4, -0.2) is 34.1 Å². The van der Waals surface area contributed by atoms with Crippen molar-refractivity contribution in [1.82, 2.24) is 4.73 Å². The molecular weight excluding hydrogens is 277 g/mol. The lowest BCUT2D eigenvalue weighted by Crippen LogP contribution is -2.22. The van der Waals surface area contributed by atoms with Crippen molar-refractivity contribution in [2.45, 2.75) is 0 Å². The predicted molar refractivity (Wildman–Crippen MR) is 73.5 cm³/mol. The SMILES string of the molecule is O=C(Nc1ccc(F)cc1)c1ccc(=NCCO)n(O)c1. The molecule has 0 aliphatic heterocycles. The van der Waals surface area contributed by atoms with Crippen LogP contribution in [-0.2, 0) is 0 Å². The first-order valence-electron chi connectivity index (χ1n) is 6.20. The van der Waals surface area contributed by atoms with Crippen molar-refractivity contribution in [3.8, 4) is 0 Å². The number of halogens is 1. The first kappa shape index (κ1) is 14.7. The van der Waals surface area contributed by atoms with Gasteiger partial charge in [0.15, 0.2) is 5.49 Å². The van der Waals surface area contributed by atoms with Gasteiger partial charge in [-0.15, -0.1) is 0 Å². The molecule has 6 nitrogen and oxygen atoms in total. The number of aliphatic hydroxyl groups excluding tert-OH is 1. The first-order chi connectivity index (χ1) is 10.1. The third-order valence-electron chi connectivity index (χ3n) is 2.65. The monoisotopic (exact) mass is 291 g/mol. The number of rotatable bonds is 4. The molecule has 0 atom stereocenters. The number of hydrogen-bond donors (Lipinski definition) is 3. The summed E-state index contributed by atoms with van der Waals surface area (Å²) in [6.45, 7) is 0.0223. The smallest absolute Gasteiger partial charge is 0.257 e. The minimum atomic E-state index is -0.446. The molecule has 0 saturated carbocycles. The van der Waals surface area contributed by atoms with Crippen LogP contribution in [0.1, 0.15) is 10.4 Å². The molecule has 0 fully saturated rings. The largest absolute Gasteiger partial charge is 0.427 e. The summed E-state index contributed by atoms with van der Waals surface area (Å²) >= 11 is 0. The van der Waals surface area contributed by atoms with Crippen molar-refractivity contribution in [3.05, 3.63) is 59.5 Å². The Morgan fingerprint density at radius 1 is 1.24 bits per heavy atom. The Labute approximate surface area is 119 Å². The van der Waals surface area contributed by atoms with E-state index in [0.29, 0.717) is 10.4 Å². The van der Waals surface area contributed by atoms with Gasteiger partial charge in [-0.3, -0.25) is 9.79 Å². The number of anilines is 1. The van der Waals surface area contributed by atoms with Crippen LogP contribution >= 0.6 is 0 Å². The molecule has 0 radical (unpaired) electrons. The quantitative estimate of drug-likeness (QED) is 0.735. The zero-order valence-electron chi connectivity index (χ0n) is 11.0. The Morgan fingerprint density at radius 2 is 1.95 bits per heavy atom. The summed E-state index contributed by atoms with van der Waals surface area (Å²) in [4.78, 5) is 15.9. The fourth-order valence-corrected chi connectivity index (χ4v) is 1.64. The Bertz CT molecular complexity index is 695. The number of carbonyl (C=O) groups excluding carboxylic acids is 1. The number of pyridine rings is 1. The van der Waals surface area contributed by atoms with Crippen molar-refractivity contribution >= 4 is 11.6 Å². The van der Waals surface area contributed by atoms with Gasteiger partial charge in [-0.1, -0.05) is 0 Å². The molecule has 1 aromatic heterocycles. The molecule has 21 heavy (non-hydrogen) atoms. The second-order valence-electron chi connectivity index (χ2n) is 4.19. The van der Waals surface area contributed by atoms with Gasteiger partial charge in [0, 0.05) is 5.69 Å². The molecule has 0 spiro atoms. The number of benzene rings is 1. The predicted octanol–water partition coefficient (Wildman–Crippen LogP) is 1.01. The Hall–Kier alpha value is -2.67. The summed E-state index contributed by atoms with van der Waals surface area (Å²) in [6.07, 6.45) is 1.20. The van der Waals surface area contributed by atoms with E-state index in [1.165, 1.54) is 42.6 Å². The first-order valence-corrected chi connectivity index (χ1v) is 6.20. The van der Waals surface area contributed by atoms with Gasteiger partial charge in [-0.2, -0.15) is 4.73 Å². The summed E-state index contributed by atoms with van der Waals surface area (Å²) in [6, 6.07) is 8.28. The molecule has 110 valence electrons. The molecule has 0 saturated heterocycles. The molecular formula is C14H14FN3O3. The topological polar surface area (TPSA) is 86.9 Å². The highest BCUT2D eigenvalue weighted by Gasteiger charge is 2.07. The zero-order chi connectivity index (χ0) is 15.2. The minimum Gasteiger partial charge on any atom is -0.427 e. The van der Waals surface area contributed by atoms with Crippen LogP contribution in [0.15, 0.2) is 47.6 Å². The van der Waals surface area contributed by atoms with E-state index < -0.39 is 11.7 Å².